The molecular weight excluding hydrogens is 373 g/mol. The van der Waals surface area contributed by atoms with Crippen LogP contribution in [0.3, 0.4) is 0 Å². The van der Waals surface area contributed by atoms with Crippen LogP contribution in [-0.4, -0.2) is 52.7 Å². The first-order valence-electron chi connectivity index (χ1n) is 8.54. The molecule has 0 radical (unpaired) electrons. The quantitative estimate of drug-likeness (QED) is 0.814. The van der Waals surface area contributed by atoms with Crippen LogP contribution in [0.2, 0.25) is 0 Å². The number of benzene rings is 2. The van der Waals surface area contributed by atoms with Crippen molar-refractivity contribution in [1.29, 1.82) is 0 Å². The third-order valence-corrected chi connectivity index (χ3v) is 5.17. The van der Waals surface area contributed by atoms with Crippen LogP contribution in [0.5, 0.6) is 0 Å². The average molecular weight is 392 g/mol. The first kappa shape index (κ1) is 19.9. The summed E-state index contributed by atoms with van der Waals surface area (Å²) in [5.41, 5.74) is -3.32. The number of carbonyl (C=O) groups excluding carboxylic acids is 2. The number of ketones is 1. The van der Waals surface area contributed by atoms with E-state index in [0.29, 0.717) is 5.56 Å². The van der Waals surface area contributed by atoms with Crippen molar-refractivity contribution in [3.8, 4) is 0 Å². The maximum Gasteiger partial charge on any atom is 0.437 e. The van der Waals surface area contributed by atoms with E-state index in [0.717, 1.165) is 11.9 Å². The van der Waals surface area contributed by atoms with Gasteiger partial charge < -0.3 is 10.0 Å². The molecule has 2 aromatic rings. The van der Waals surface area contributed by atoms with Crippen molar-refractivity contribution in [3.63, 3.8) is 0 Å². The largest absolute Gasteiger partial charge is 0.437 e. The van der Waals surface area contributed by atoms with Crippen molar-refractivity contribution < 1.29 is 27.9 Å². The number of nitrogens with zero attached hydrogens (tertiary/aromatic N) is 2. The molecule has 1 saturated heterocycles. The van der Waals surface area contributed by atoms with E-state index in [1.165, 1.54) is 43.4 Å². The first-order valence-corrected chi connectivity index (χ1v) is 8.54. The van der Waals surface area contributed by atoms with Crippen molar-refractivity contribution in [2.24, 2.45) is 5.92 Å². The fourth-order valence-electron chi connectivity index (χ4n) is 3.69. The van der Waals surface area contributed by atoms with E-state index < -0.39 is 35.7 Å². The zero-order chi connectivity index (χ0) is 20.7. The lowest BCUT2D eigenvalue weighted by Crippen LogP contribution is -2.73. The molecule has 1 aliphatic heterocycles. The van der Waals surface area contributed by atoms with Gasteiger partial charge in [0.05, 0.1) is 6.04 Å². The molecule has 0 aromatic heterocycles. The number of amides is 2. The van der Waals surface area contributed by atoms with Crippen LogP contribution in [0.15, 0.2) is 60.7 Å². The van der Waals surface area contributed by atoms with Crippen LogP contribution in [0.4, 0.5) is 18.0 Å². The minimum atomic E-state index is -5.25. The van der Waals surface area contributed by atoms with Crippen molar-refractivity contribution >= 4 is 11.8 Å². The smallest absolute Gasteiger partial charge is 0.363 e. The topological polar surface area (TPSA) is 60.9 Å². The summed E-state index contributed by atoms with van der Waals surface area (Å²) in [7, 11) is 2.16. The van der Waals surface area contributed by atoms with E-state index in [-0.39, 0.29) is 10.5 Å². The van der Waals surface area contributed by atoms with Crippen LogP contribution in [-0.2, 0) is 0 Å². The normalized spacial score (nSPS) is 25.7. The summed E-state index contributed by atoms with van der Waals surface area (Å²) in [6.07, 6.45) is -5.25. The number of hydrogen-bond donors (Lipinski definition) is 1. The van der Waals surface area contributed by atoms with E-state index in [4.69, 9.17) is 0 Å². The van der Waals surface area contributed by atoms with Crippen LogP contribution in [0.1, 0.15) is 22.0 Å². The SMILES string of the molecule is CN1C(=O)N(C)C(O)(C(F)(F)F)C(C(=O)c2ccccc2)C1c1ccccc1. The summed E-state index contributed by atoms with van der Waals surface area (Å²) in [6, 6.07) is 13.0. The van der Waals surface area contributed by atoms with Crippen molar-refractivity contribution in [3.05, 3.63) is 71.8 Å². The van der Waals surface area contributed by atoms with E-state index >= 15 is 0 Å². The first-order chi connectivity index (χ1) is 13.1. The Bertz CT molecular complexity index is 873. The summed E-state index contributed by atoms with van der Waals surface area (Å²) in [6.45, 7) is 0. The number of rotatable bonds is 3. The minimum Gasteiger partial charge on any atom is -0.363 e. The number of halogens is 3. The Hall–Kier alpha value is -2.87. The van der Waals surface area contributed by atoms with Gasteiger partial charge in [0.1, 0.15) is 5.92 Å². The summed E-state index contributed by atoms with van der Waals surface area (Å²) in [5, 5.41) is 10.8. The second-order valence-corrected chi connectivity index (χ2v) is 6.74. The molecule has 1 aliphatic rings. The van der Waals surface area contributed by atoms with Crippen molar-refractivity contribution in [2.45, 2.75) is 17.9 Å². The number of urea groups is 1. The van der Waals surface area contributed by atoms with Gasteiger partial charge in [0.25, 0.3) is 5.72 Å². The number of Topliss-reactive ketones (excluding diaryl/α,β-unsaturated/α-hetero) is 1. The minimum absolute atomic E-state index is 0.0206. The highest BCUT2D eigenvalue weighted by Crippen LogP contribution is 2.50. The summed E-state index contributed by atoms with van der Waals surface area (Å²) in [4.78, 5) is 27.0. The standard InChI is InChI=1S/C20H19F3N2O3/c1-24-16(13-9-5-3-6-10-13)15(17(26)14-11-7-4-8-12-14)19(28,20(21,22)23)25(2)18(24)27/h3-12,15-16,28H,1-2H3. The molecule has 0 saturated carbocycles. The highest BCUT2D eigenvalue weighted by molar-refractivity contribution is 6.00. The van der Waals surface area contributed by atoms with Gasteiger partial charge in [-0.05, 0) is 5.56 Å². The van der Waals surface area contributed by atoms with Gasteiger partial charge in [0.15, 0.2) is 5.78 Å². The molecule has 3 rings (SSSR count). The van der Waals surface area contributed by atoms with E-state index in [1.54, 1.807) is 24.3 Å². The van der Waals surface area contributed by atoms with Crippen molar-refractivity contribution in [2.75, 3.05) is 14.1 Å². The van der Waals surface area contributed by atoms with Crippen LogP contribution in [0, 0.1) is 5.92 Å². The van der Waals surface area contributed by atoms with Crippen LogP contribution >= 0.6 is 0 Å². The van der Waals surface area contributed by atoms with Gasteiger partial charge in [-0.15, -0.1) is 0 Å². The third kappa shape index (κ3) is 2.93. The molecule has 3 unspecified atom stereocenters. The van der Waals surface area contributed by atoms with E-state index in [1.807, 2.05) is 0 Å². The molecule has 1 heterocycles. The molecule has 2 amide bonds. The predicted molar refractivity (Wildman–Crippen MR) is 95.4 cm³/mol. The number of carbonyl (C=O) groups is 2. The van der Waals surface area contributed by atoms with E-state index in [9.17, 15) is 27.9 Å². The molecule has 148 valence electrons. The Morgan fingerprint density at radius 3 is 2.00 bits per heavy atom. The maximum absolute atomic E-state index is 14.1. The number of hydrogen-bond acceptors (Lipinski definition) is 3. The van der Waals surface area contributed by atoms with Gasteiger partial charge in [0.2, 0.25) is 0 Å². The molecule has 8 heteroatoms. The highest BCUT2D eigenvalue weighted by Gasteiger charge is 2.70. The predicted octanol–water partition coefficient (Wildman–Crippen LogP) is 3.47. The van der Waals surface area contributed by atoms with Crippen LogP contribution in [0.25, 0.3) is 0 Å². The fourth-order valence-corrected chi connectivity index (χ4v) is 3.69. The molecule has 1 N–H and O–H groups in total. The summed E-state index contributed by atoms with van der Waals surface area (Å²) >= 11 is 0. The molecule has 0 spiro atoms. The molecule has 2 aromatic carbocycles. The molecule has 0 aliphatic carbocycles. The molecule has 5 nitrogen and oxygen atoms in total. The van der Waals surface area contributed by atoms with Crippen molar-refractivity contribution in [1.82, 2.24) is 9.80 Å². The van der Waals surface area contributed by atoms with Crippen LogP contribution < -0.4 is 0 Å². The van der Waals surface area contributed by atoms with Gasteiger partial charge in [0, 0.05) is 19.7 Å². The lowest BCUT2D eigenvalue weighted by Gasteiger charge is -2.53. The summed E-state index contributed by atoms with van der Waals surface area (Å²) in [5.74, 6) is -2.88. The Balaban J connectivity index is 2.26. The Morgan fingerprint density at radius 2 is 1.50 bits per heavy atom. The molecule has 1 fully saturated rings. The van der Waals surface area contributed by atoms with Gasteiger partial charge in [-0.2, -0.15) is 13.2 Å². The second kappa shape index (κ2) is 6.94. The van der Waals surface area contributed by atoms with Gasteiger partial charge in [-0.1, -0.05) is 60.7 Å². The number of aliphatic hydroxyl groups is 1. The zero-order valence-corrected chi connectivity index (χ0v) is 15.2. The van der Waals surface area contributed by atoms with Gasteiger partial charge >= 0.3 is 12.2 Å². The number of alkyl halides is 3. The van der Waals surface area contributed by atoms with Gasteiger partial charge in [-0.25, -0.2) is 4.79 Å². The highest BCUT2D eigenvalue weighted by atomic mass is 19.4. The third-order valence-electron chi connectivity index (χ3n) is 5.17. The molecule has 0 bridgehead atoms. The monoisotopic (exact) mass is 392 g/mol. The summed E-state index contributed by atoms with van der Waals surface area (Å²) < 4.78 is 42.2. The molecule has 28 heavy (non-hydrogen) atoms. The average Bonchev–Trinajstić information content (AvgIpc) is 2.69. The maximum atomic E-state index is 14.1. The zero-order valence-electron chi connectivity index (χ0n) is 15.2. The van der Waals surface area contributed by atoms with Gasteiger partial charge in [-0.3, -0.25) is 9.69 Å². The van der Waals surface area contributed by atoms with E-state index in [2.05, 4.69) is 0 Å². The Kier molecular flexibility index (Phi) is 4.93. The lowest BCUT2D eigenvalue weighted by molar-refractivity contribution is -0.328. The molecule has 3 atom stereocenters. The lowest BCUT2D eigenvalue weighted by atomic mass is 9.76. The Labute approximate surface area is 160 Å². The fraction of sp³-hybridized carbons (Fsp3) is 0.300. The second-order valence-electron chi connectivity index (χ2n) is 6.74. The Morgan fingerprint density at radius 1 is 1.00 bits per heavy atom. The molecular formula is C20H19F3N2O3.